The van der Waals surface area contributed by atoms with Gasteiger partial charge in [0.15, 0.2) is 0 Å². The van der Waals surface area contributed by atoms with E-state index in [2.05, 4.69) is 27.5 Å². The molecule has 0 bridgehead atoms. The highest BCUT2D eigenvalue weighted by Gasteiger charge is 2.46. The van der Waals surface area contributed by atoms with Gasteiger partial charge in [-0.2, -0.15) is 0 Å². The van der Waals surface area contributed by atoms with Gasteiger partial charge in [0, 0.05) is 38.4 Å². The van der Waals surface area contributed by atoms with Gasteiger partial charge in [-0.15, -0.1) is 0 Å². The van der Waals surface area contributed by atoms with Crippen LogP contribution in [0.25, 0.3) is 0 Å². The first kappa shape index (κ1) is 19.1. The number of carbonyl (C=O) groups excluding carboxylic acids is 1. The summed E-state index contributed by atoms with van der Waals surface area (Å²) >= 11 is 0. The highest BCUT2D eigenvalue weighted by molar-refractivity contribution is 5.89. The van der Waals surface area contributed by atoms with Gasteiger partial charge in [0.1, 0.15) is 12.2 Å². The molecule has 0 saturated carbocycles. The van der Waals surface area contributed by atoms with Gasteiger partial charge in [0.05, 0.1) is 18.8 Å². The summed E-state index contributed by atoms with van der Waals surface area (Å²) in [7, 11) is 2.07. The van der Waals surface area contributed by atoms with E-state index in [1.165, 1.54) is 0 Å². The van der Waals surface area contributed by atoms with Gasteiger partial charge in [0.2, 0.25) is 0 Å². The van der Waals surface area contributed by atoms with Crippen molar-refractivity contribution in [3.8, 4) is 0 Å². The molecule has 0 unspecified atom stereocenters. The zero-order chi connectivity index (χ0) is 18.5. The lowest BCUT2D eigenvalue weighted by Gasteiger charge is -2.39. The lowest BCUT2D eigenvalue weighted by Crippen LogP contribution is -2.57. The van der Waals surface area contributed by atoms with E-state index >= 15 is 0 Å². The molecule has 1 aromatic carbocycles. The van der Waals surface area contributed by atoms with Gasteiger partial charge in [0.25, 0.3) is 0 Å². The van der Waals surface area contributed by atoms with E-state index in [0.29, 0.717) is 5.69 Å². The first-order valence-corrected chi connectivity index (χ1v) is 9.05. The molecule has 8 heteroatoms. The van der Waals surface area contributed by atoms with Crippen LogP contribution in [0, 0.1) is 0 Å². The number of amides is 2. The van der Waals surface area contributed by atoms with Crippen LogP contribution >= 0.6 is 0 Å². The number of hydrogen-bond donors (Lipinski definition) is 4. The van der Waals surface area contributed by atoms with Crippen molar-refractivity contribution >= 4 is 11.7 Å². The lowest BCUT2D eigenvalue weighted by molar-refractivity contribution is -0.0205. The molecule has 8 nitrogen and oxygen atoms in total. The van der Waals surface area contributed by atoms with Crippen LogP contribution in [0.15, 0.2) is 30.3 Å². The van der Waals surface area contributed by atoms with E-state index in [1.807, 2.05) is 30.3 Å². The molecule has 2 saturated heterocycles. The Kier molecular flexibility index (Phi) is 6.44. The van der Waals surface area contributed by atoms with E-state index in [-0.39, 0.29) is 31.3 Å². The van der Waals surface area contributed by atoms with Crippen molar-refractivity contribution in [1.29, 1.82) is 0 Å². The van der Waals surface area contributed by atoms with Gasteiger partial charge in [-0.25, -0.2) is 4.79 Å². The second-order valence-electron chi connectivity index (χ2n) is 6.92. The zero-order valence-electron chi connectivity index (χ0n) is 15.0. The van der Waals surface area contributed by atoms with Crippen molar-refractivity contribution in [1.82, 2.24) is 15.1 Å². The van der Waals surface area contributed by atoms with Crippen LogP contribution in [-0.2, 0) is 4.74 Å². The van der Waals surface area contributed by atoms with Crippen LogP contribution < -0.4 is 10.6 Å². The van der Waals surface area contributed by atoms with Crippen molar-refractivity contribution in [3.63, 3.8) is 0 Å². The fraction of sp³-hybridized carbons (Fsp3) is 0.611. The van der Waals surface area contributed by atoms with Crippen molar-refractivity contribution in [2.24, 2.45) is 0 Å². The summed E-state index contributed by atoms with van der Waals surface area (Å²) in [6.45, 7) is 3.52. The number of nitrogens with one attached hydrogen (secondary N) is 2. The van der Waals surface area contributed by atoms with Crippen molar-refractivity contribution in [2.75, 3.05) is 51.7 Å². The molecular weight excluding hydrogens is 336 g/mol. The second kappa shape index (κ2) is 8.79. The number of para-hydroxylation sites is 1. The maximum Gasteiger partial charge on any atom is 0.319 e. The molecule has 2 aliphatic rings. The number of urea groups is 1. The highest BCUT2D eigenvalue weighted by atomic mass is 16.5. The van der Waals surface area contributed by atoms with E-state index in [0.717, 1.165) is 26.2 Å². The molecule has 1 aromatic rings. The number of anilines is 1. The van der Waals surface area contributed by atoms with Gasteiger partial charge in [-0.05, 0) is 19.2 Å². The topological polar surface area (TPSA) is 97.3 Å². The molecule has 144 valence electrons. The number of hydrogen-bond acceptors (Lipinski definition) is 6. The monoisotopic (exact) mass is 364 g/mol. The number of aliphatic hydroxyl groups is 2. The van der Waals surface area contributed by atoms with E-state index in [1.54, 1.807) is 0 Å². The second-order valence-corrected chi connectivity index (χ2v) is 6.92. The smallest absolute Gasteiger partial charge is 0.319 e. The molecule has 2 heterocycles. The molecule has 4 atom stereocenters. The molecule has 2 amide bonds. The molecule has 0 spiro atoms. The average molecular weight is 364 g/mol. The van der Waals surface area contributed by atoms with Crippen LogP contribution in [0.2, 0.25) is 0 Å². The van der Waals surface area contributed by atoms with Crippen LogP contribution in [0.1, 0.15) is 0 Å². The molecule has 0 aromatic heterocycles. The number of rotatable bonds is 5. The Balaban J connectivity index is 1.58. The van der Waals surface area contributed by atoms with Crippen molar-refractivity contribution < 1.29 is 19.7 Å². The number of aliphatic hydroxyl groups excluding tert-OH is 2. The van der Waals surface area contributed by atoms with Gasteiger partial charge < -0.3 is 30.5 Å². The first-order chi connectivity index (χ1) is 12.6. The minimum absolute atomic E-state index is 0.238. The van der Waals surface area contributed by atoms with Gasteiger partial charge in [-0.3, -0.25) is 4.90 Å². The molecule has 26 heavy (non-hydrogen) atoms. The maximum absolute atomic E-state index is 12.1. The van der Waals surface area contributed by atoms with Crippen molar-refractivity contribution in [3.05, 3.63) is 30.3 Å². The Morgan fingerprint density at radius 3 is 2.54 bits per heavy atom. The zero-order valence-corrected chi connectivity index (χ0v) is 15.0. The number of nitrogens with zero attached hydrogens (tertiary/aromatic N) is 2. The molecule has 0 radical (unpaired) electrons. The van der Waals surface area contributed by atoms with Gasteiger partial charge in [-0.1, -0.05) is 18.2 Å². The third-order valence-corrected chi connectivity index (χ3v) is 5.10. The third-order valence-electron chi connectivity index (χ3n) is 5.10. The van der Waals surface area contributed by atoms with E-state index in [4.69, 9.17) is 4.74 Å². The normalized spacial score (nSPS) is 30.3. The molecule has 0 aliphatic carbocycles. The Morgan fingerprint density at radius 2 is 1.88 bits per heavy atom. The highest BCUT2D eigenvalue weighted by Crippen LogP contribution is 2.26. The number of piperazine rings is 1. The first-order valence-electron chi connectivity index (χ1n) is 9.05. The number of likely N-dealkylation sites (N-methyl/N-ethyl adjacent to an activating group) is 1. The largest absolute Gasteiger partial charge is 0.394 e. The van der Waals surface area contributed by atoms with Crippen LogP contribution in [-0.4, -0.2) is 96.8 Å². The van der Waals surface area contributed by atoms with Crippen LogP contribution in [0.3, 0.4) is 0 Å². The Morgan fingerprint density at radius 1 is 1.19 bits per heavy atom. The maximum atomic E-state index is 12.1. The quantitative estimate of drug-likeness (QED) is 0.565. The lowest BCUT2D eigenvalue weighted by atomic mass is 10.0. The molecule has 3 rings (SSSR count). The minimum Gasteiger partial charge on any atom is -0.394 e. The standard InChI is InChI=1S/C18H28N4O4/c1-21-7-9-22(10-8-21)16-14(26-15(12-23)17(16)24)11-19-18(25)20-13-5-3-2-4-6-13/h2-6,14-17,23-24H,7-12H2,1H3,(H2,19,20,25)/t14-,15+,16+,17-/m1/s1. The molecular formula is C18H28N4O4. The number of carbonyl (C=O) groups is 1. The fourth-order valence-corrected chi connectivity index (χ4v) is 3.61. The van der Waals surface area contributed by atoms with Crippen molar-refractivity contribution in [2.45, 2.75) is 24.4 Å². The predicted molar refractivity (Wildman–Crippen MR) is 98.1 cm³/mol. The summed E-state index contributed by atoms with van der Waals surface area (Å²) in [5.74, 6) is 0. The van der Waals surface area contributed by atoms with Crippen LogP contribution in [0.4, 0.5) is 10.5 Å². The summed E-state index contributed by atoms with van der Waals surface area (Å²) in [5, 5.41) is 25.6. The Labute approximate surface area is 153 Å². The summed E-state index contributed by atoms with van der Waals surface area (Å²) in [4.78, 5) is 16.6. The summed E-state index contributed by atoms with van der Waals surface area (Å²) in [6.07, 6.45) is -1.76. The Bertz CT molecular complexity index is 580. The predicted octanol–water partition coefficient (Wildman–Crippen LogP) is -0.455. The third kappa shape index (κ3) is 4.52. The molecule has 2 aliphatic heterocycles. The van der Waals surface area contributed by atoms with E-state index < -0.39 is 12.2 Å². The molecule has 4 N–H and O–H groups in total. The van der Waals surface area contributed by atoms with Gasteiger partial charge >= 0.3 is 6.03 Å². The summed E-state index contributed by atoms with van der Waals surface area (Å²) in [5.41, 5.74) is 0.709. The summed E-state index contributed by atoms with van der Waals surface area (Å²) < 4.78 is 5.82. The fourth-order valence-electron chi connectivity index (χ4n) is 3.61. The summed E-state index contributed by atoms with van der Waals surface area (Å²) in [6, 6.07) is 8.64. The molecule has 2 fully saturated rings. The van der Waals surface area contributed by atoms with Crippen LogP contribution in [0.5, 0.6) is 0 Å². The minimum atomic E-state index is -0.771. The Hall–Kier alpha value is -1.71. The average Bonchev–Trinajstić information content (AvgIpc) is 2.97. The SMILES string of the molecule is CN1CCN([C@@H]2[C@H](O)[C@H](CO)O[C@@H]2CNC(=O)Nc2ccccc2)CC1. The number of benzene rings is 1. The van der Waals surface area contributed by atoms with E-state index in [9.17, 15) is 15.0 Å². The number of ether oxygens (including phenoxy) is 1.